The first-order valence-corrected chi connectivity index (χ1v) is 7.47. The van der Waals surface area contributed by atoms with E-state index in [-0.39, 0.29) is 5.92 Å². The largest absolute Gasteiger partial charge is 0.481 e. The number of aliphatic carboxylic acids is 1. The lowest BCUT2D eigenvalue weighted by Gasteiger charge is -2.33. The first-order valence-electron chi connectivity index (χ1n) is 6.67. The van der Waals surface area contributed by atoms with Crippen LogP contribution in [0, 0.1) is 5.92 Å². The van der Waals surface area contributed by atoms with Crippen LogP contribution in [0.4, 0.5) is 0 Å². The number of carboxylic acid groups (broad SMARTS) is 1. The summed E-state index contributed by atoms with van der Waals surface area (Å²) in [4.78, 5) is 13.1. The van der Waals surface area contributed by atoms with Gasteiger partial charge < -0.3 is 10.0 Å². The topological polar surface area (TPSA) is 40.5 Å². The third-order valence-corrected chi connectivity index (χ3v) is 4.47. The van der Waals surface area contributed by atoms with Crippen LogP contribution in [0.2, 0.25) is 0 Å². The molecule has 0 fully saturated rings. The van der Waals surface area contributed by atoms with Gasteiger partial charge in [0.1, 0.15) is 0 Å². The number of carboxylic acids is 1. The van der Waals surface area contributed by atoms with E-state index in [1.807, 2.05) is 7.05 Å². The Labute approximate surface area is 122 Å². The summed E-state index contributed by atoms with van der Waals surface area (Å²) in [5.41, 5.74) is 2.82. The monoisotopic (exact) mass is 325 g/mol. The zero-order valence-corrected chi connectivity index (χ0v) is 13.0. The molecule has 1 aliphatic carbocycles. The van der Waals surface area contributed by atoms with Crippen LogP contribution in [0.5, 0.6) is 0 Å². The van der Waals surface area contributed by atoms with Crippen LogP contribution in [0.25, 0.3) is 0 Å². The van der Waals surface area contributed by atoms with E-state index >= 15 is 0 Å². The minimum atomic E-state index is -0.716. The molecule has 19 heavy (non-hydrogen) atoms. The number of aryl methyl sites for hydroxylation is 1. The molecule has 1 aliphatic rings. The zero-order chi connectivity index (χ0) is 14.0. The molecule has 2 atom stereocenters. The highest BCUT2D eigenvalue weighted by Gasteiger charge is 2.24. The van der Waals surface area contributed by atoms with Gasteiger partial charge in [0.2, 0.25) is 0 Å². The van der Waals surface area contributed by atoms with E-state index in [1.54, 1.807) is 6.92 Å². The molecule has 0 aromatic heterocycles. The minimum Gasteiger partial charge on any atom is -0.481 e. The predicted octanol–water partition coefficient (Wildman–Crippen LogP) is 2.96. The number of carbonyl (C=O) groups is 1. The molecule has 0 saturated heterocycles. The van der Waals surface area contributed by atoms with Crippen molar-refractivity contribution in [1.29, 1.82) is 0 Å². The number of hydrogen-bond donors (Lipinski definition) is 1. The highest BCUT2D eigenvalue weighted by molar-refractivity contribution is 9.10. The summed E-state index contributed by atoms with van der Waals surface area (Å²) < 4.78 is 1.14. The lowest BCUT2D eigenvalue weighted by atomic mass is 9.87. The summed E-state index contributed by atoms with van der Waals surface area (Å²) in [5.74, 6) is -1.02. The fraction of sp³-hybridized carbons (Fsp3) is 0.533. The highest BCUT2D eigenvalue weighted by atomic mass is 79.9. The molecule has 3 nitrogen and oxygen atoms in total. The van der Waals surface area contributed by atoms with Crippen molar-refractivity contribution in [2.75, 3.05) is 13.6 Å². The van der Waals surface area contributed by atoms with Crippen LogP contribution in [0.3, 0.4) is 0 Å². The van der Waals surface area contributed by atoms with Crippen LogP contribution in [-0.2, 0) is 17.6 Å². The number of nitrogens with zero attached hydrogens (tertiary/aromatic N) is 1. The molecule has 1 aromatic rings. The van der Waals surface area contributed by atoms with Crippen LogP contribution >= 0.6 is 15.9 Å². The smallest absolute Gasteiger partial charge is 0.307 e. The van der Waals surface area contributed by atoms with Crippen LogP contribution in [0.1, 0.15) is 24.5 Å². The molecule has 0 heterocycles. The van der Waals surface area contributed by atoms with E-state index < -0.39 is 5.97 Å². The Balaban J connectivity index is 2.01. The van der Waals surface area contributed by atoms with Gasteiger partial charge in [-0.3, -0.25) is 4.79 Å². The second-order valence-electron chi connectivity index (χ2n) is 5.49. The molecule has 0 radical (unpaired) electrons. The van der Waals surface area contributed by atoms with Crippen LogP contribution < -0.4 is 0 Å². The third-order valence-electron chi connectivity index (χ3n) is 3.98. The molecule has 104 valence electrons. The number of halogens is 1. The Morgan fingerprint density at radius 3 is 2.95 bits per heavy atom. The molecular formula is C15H20BrNO2. The molecule has 4 heteroatoms. The third kappa shape index (κ3) is 3.57. The van der Waals surface area contributed by atoms with Crippen molar-refractivity contribution in [3.8, 4) is 0 Å². The lowest BCUT2D eigenvalue weighted by molar-refractivity contribution is -0.141. The molecule has 0 spiro atoms. The zero-order valence-electron chi connectivity index (χ0n) is 11.4. The SMILES string of the molecule is CC(CN(C)C1CCc2cc(Br)ccc2C1)C(=O)O. The standard InChI is InChI=1S/C15H20BrNO2/c1-10(15(18)19)9-17(2)14-6-4-11-7-13(16)5-3-12(11)8-14/h3,5,7,10,14H,4,6,8-9H2,1-2H3,(H,18,19). The van der Waals surface area contributed by atoms with Crippen LogP contribution in [-0.4, -0.2) is 35.6 Å². The highest BCUT2D eigenvalue weighted by Crippen LogP contribution is 2.27. The van der Waals surface area contributed by atoms with Crippen molar-refractivity contribution in [2.24, 2.45) is 5.92 Å². The van der Waals surface area contributed by atoms with Gasteiger partial charge in [-0.15, -0.1) is 0 Å². The fourth-order valence-corrected chi connectivity index (χ4v) is 3.15. The molecule has 1 N–H and O–H groups in total. The van der Waals surface area contributed by atoms with Crippen molar-refractivity contribution < 1.29 is 9.90 Å². The van der Waals surface area contributed by atoms with Crippen molar-refractivity contribution >= 4 is 21.9 Å². The number of likely N-dealkylation sites (N-methyl/N-ethyl adjacent to an activating group) is 1. The predicted molar refractivity (Wildman–Crippen MR) is 79.4 cm³/mol. The van der Waals surface area contributed by atoms with Crippen molar-refractivity contribution in [3.63, 3.8) is 0 Å². The van der Waals surface area contributed by atoms with Gasteiger partial charge >= 0.3 is 5.97 Å². The quantitative estimate of drug-likeness (QED) is 0.925. The maximum atomic E-state index is 10.9. The summed E-state index contributed by atoms with van der Waals surface area (Å²) >= 11 is 3.51. The van der Waals surface area contributed by atoms with E-state index in [0.717, 1.165) is 23.7 Å². The Bertz CT molecular complexity index is 475. The average molecular weight is 326 g/mol. The first kappa shape index (κ1) is 14.5. The van der Waals surface area contributed by atoms with E-state index in [0.29, 0.717) is 12.6 Å². The Morgan fingerprint density at radius 2 is 2.26 bits per heavy atom. The summed E-state index contributed by atoms with van der Waals surface area (Å²) in [6, 6.07) is 6.92. The first-order chi connectivity index (χ1) is 8.97. The van der Waals surface area contributed by atoms with Gasteiger partial charge in [0, 0.05) is 17.1 Å². The number of fused-ring (bicyclic) bond motifs is 1. The minimum absolute atomic E-state index is 0.309. The van der Waals surface area contributed by atoms with E-state index in [9.17, 15) is 4.79 Å². The lowest BCUT2D eigenvalue weighted by Crippen LogP contribution is -2.40. The molecule has 0 amide bonds. The molecule has 0 aliphatic heterocycles. The maximum Gasteiger partial charge on any atom is 0.307 e. The Morgan fingerprint density at radius 1 is 1.53 bits per heavy atom. The van der Waals surface area contributed by atoms with Gasteiger partial charge in [0.05, 0.1) is 5.92 Å². The van der Waals surface area contributed by atoms with Gasteiger partial charge in [0.15, 0.2) is 0 Å². The van der Waals surface area contributed by atoms with Crippen molar-refractivity contribution in [1.82, 2.24) is 4.90 Å². The fourth-order valence-electron chi connectivity index (χ4n) is 2.74. The Hall–Kier alpha value is -0.870. The van der Waals surface area contributed by atoms with E-state index in [4.69, 9.17) is 5.11 Å². The van der Waals surface area contributed by atoms with Gasteiger partial charge in [-0.05, 0) is 49.6 Å². The van der Waals surface area contributed by atoms with Gasteiger partial charge in [-0.25, -0.2) is 0 Å². The van der Waals surface area contributed by atoms with Gasteiger partial charge in [-0.1, -0.05) is 28.9 Å². The summed E-state index contributed by atoms with van der Waals surface area (Å²) in [5, 5.41) is 8.99. The van der Waals surface area contributed by atoms with E-state index in [2.05, 4.69) is 39.0 Å². The molecule has 2 rings (SSSR count). The maximum absolute atomic E-state index is 10.9. The van der Waals surface area contributed by atoms with Gasteiger partial charge in [0.25, 0.3) is 0 Å². The second-order valence-corrected chi connectivity index (χ2v) is 6.40. The van der Waals surface area contributed by atoms with Crippen molar-refractivity contribution in [3.05, 3.63) is 33.8 Å². The molecular weight excluding hydrogens is 306 g/mol. The van der Waals surface area contributed by atoms with Gasteiger partial charge in [-0.2, -0.15) is 0 Å². The van der Waals surface area contributed by atoms with Crippen molar-refractivity contribution in [2.45, 2.75) is 32.2 Å². The molecule has 0 bridgehead atoms. The molecule has 0 saturated carbocycles. The van der Waals surface area contributed by atoms with E-state index in [1.165, 1.54) is 11.1 Å². The number of benzene rings is 1. The Kier molecular flexibility index (Phi) is 4.63. The van der Waals surface area contributed by atoms with Crippen LogP contribution in [0.15, 0.2) is 22.7 Å². The summed E-state index contributed by atoms with van der Waals surface area (Å²) in [6.45, 7) is 2.39. The average Bonchev–Trinajstić information content (AvgIpc) is 2.37. The number of hydrogen-bond acceptors (Lipinski definition) is 2. The second kappa shape index (κ2) is 6.06. The summed E-state index contributed by atoms with van der Waals surface area (Å²) in [6.07, 6.45) is 3.20. The molecule has 2 unspecified atom stereocenters. The normalized spacial score (nSPS) is 20.1. The number of rotatable bonds is 4. The summed E-state index contributed by atoms with van der Waals surface area (Å²) in [7, 11) is 2.04. The molecule has 1 aromatic carbocycles.